The molecule has 0 aliphatic rings. The number of rotatable bonds is 13. The molecular formula is C80H61Cl4F9N10O5S. The van der Waals surface area contributed by atoms with Gasteiger partial charge in [0.05, 0.1) is 80.7 Å². The molecule has 0 radical (unpaired) electrons. The van der Waals surface area contributed by atoms with Crippen molar-refractivity contribution < 1.29 is 63.5 Å². The van der Waals surface area contributed by atoms with Crippen LogP contribution in [0.2, 0.25) is 20.1 Å². The first-order valence-electron chi connectivity index (χ1n) is 32.4. The zero-order valence-corrected chi connectivity index (χ0v) is 62.4. The van der Waals surface area contributed by atoms with Gasteiger partial charge in [0.2, 0.25) is 0 Å². The molecule has 12 rings (SSSR count). The van der Waals surface area contributed by atoms with Crippen molar-refractivity contribution in [2.45, 2.75) is 73.9 Å². The number of nitrogens with one attached hydrogen (secondary N) is 4. The van der Waals surface area contributed by atoms with Gasteiger partial charge in [-0.15, -0.1) is 11.3 Å². The van der Waals surface area contributed by atoms with Crippen molar-refractivity contribution in [3.63, 3.8) is 0 Å². The topological polar surface area (TPSA) is 211 Å². The molecule has 29 heteroatoms. The van der Waals surface area contributed by atoms with Crippen LogP contribution in [0, 0.1) is 48.5 Å². The van der Waals surface area contributed by atoms with Crippen LogP contribution >= 0.6 is 57.7 Å². The summed E-state index contributed by atoms with van der Waals surface area (Å²) in [6, 6.07) is 45.1. The van der Waals surface area contributed by atoms with Gasteiger partial charge in [0.25, 0.3) is 23.6 Å². The van der Waals surface area contributed by atoms with Gasteiger partial charge in [-0.05, 0) is 241 Å². The number of pyridine rings is 6. The zero-order valence-electron chi connectivity index (χ0n) is 58.6. The fourth-order valence-electron chi connectivity index (χ4n) is 10.3. The average molecular weight is 1590 g/mol. The van der Waals surface area contributed by atoms with Crippen LogP contribution in [-0.2, 0) is 18.5 Å². The summed E-state index contributed by atoms with van der Waals surface area (Å²) >= 11 is 26.2. The zero-order chi connectivity index (χ0) is 79.4. The molecule has 0 bridgehead atoms. The Labute approximate surface area is 643 Å². The maximum Gasteiger partial charge on any atom is 0.433 e. The predicted octanol–water partition coefficient (Wildman–Crippen LogP) is 22.9. The van der Waals surface area contributed by atoms with Gasteiger partial charge in [-0.1, -0.05) is 64.6 Å². The lowest BCUT2D eigenvalue weighted by Gasteiger charge is -2.13. The lowest BCUT2D eigenvalue weighted by Crippen LogP contribution is -2.16. The van der Waals surface area contributed by atoms with Crippen LogP contribution in [-0.4, -0.2) is 59.3 Å². The van der Waals surface area contributed by atoms with Crippen LogP contribution in [0.1, 0.15) is 113 Å². The van der Waals surface area contributed by atoms with E-state index in [1.165, 1.54) is 45.1 Å². The third kappa shape index (κ3) is 21.8. The second kappa shape index (κ2) is 35.2. The minimum absolute atomic E-state index is 0.0122. The van der Waals surface area contributed by atoms with Crippen LogP contribution in [0.15, 0.2) is 201 Å². The second-order valence-electron chi connectivity index (χ2n) is 24.3. The summed E-state index contributed by atoms with van der Waals surface area (Å²) < 4.78 is 115. The number of aryl methyl sites for hydroxylation is 7. The van der Waals surface area contributed by atoms with E-state index in [9.17, 15) is 63.5 Å². The van der Waals surface area contributed by atoms with Crippen LogP contribution < -0.4 is 21.3 Å². The lowest BCUT2D eigenvalue weighted by molar-refractivity contribution is -0.142. The van der Waals surface area contributed by atoms with Crippen molar-refractivity contribution in [3.8, 4) is 45.0 Å². The summed E-state index contributed by atoms with van der Waals surface area (Å²) in [5.41, 5.74) is 8.91. The molecule has 0 aliphatic heterocycles. The van der Waals surface area contributed by atoms with Crippen molar-refractivity contribution in [3.05, 3.63) is 303 Å². The van der Waals surface area contributed by atoms with E-state index in [-0.39, 0.29) is 45.3 Å². The SMILES string of the molecule is CC(=O)c1ccc(C(=O)Nc2ccc(Cl)c(-c3ccc(C)cn3)c2)s1.Cc1cc(C(F)(F)F)ccc1C(=O)Nc1ccc(Cl)c(-c2ncccc2C)c1.Cc1ccc(-c2cc(NC(=O)c3ccc(C(F)(F)F)nc3C)ccc2Cl)nc1.Cc1ccnc(-c2cc(NC(=O)c3ccc(C(F)(F)F)nc3C)ccc2Cl)c1. The Hall–Kier alpha value is -11.2. The van der Waals surface area contributed by atoms with Crippen LogP contribution in [0.3, 0.4) is 0 Å². The van der Waals surface area contributed by atoms with E-state index < -0.39 is 53.2 Å². The Morgan fingerprint density at radius 2 is 0.789 bits per heavy atom. The van der Waals surface area contributed by atoms with E-state index in [2.05, 4.69) is 51.2 Å². The van der Waals surface area contributed by atoms with Gasteiger partial charge >= 0.3 is 18.5 Å². The van der Waals surface area contributed by atoms with Gasteiger partial charge < -0.3 is 21.3 Å². The quantitative estimate of drug-likeness (QED) is 0.0630. The number of carbonyl (C=O) groups is 5. The highest BCUT2D eigenvalue weighted by molar-refractivity contribution is 7.16. The summed E-state index contributed by atoms with van der Waals surface area (Å²) in [6.07, 6.45) is -6.80. The molecule has 4 N–H and O–H groups in total. The summed E-state index contributed by atoms with van der Waals surface area (Å²) in [7, 11) is 0. The summed E-state index contributed by atoms with van der Waals surface area (Å²) in [6.45, 7) is 13.4. The van der Waals surface area contributed by atoms with Crippen LogP contribution in [0.25, 0.3) is 45.0 Å². The van der Waals surface area contributed by atoms with Crippen molar-refractivity contribution in [2.75, 3.05) is 21.3 Å². The molecule has 0 saturated carbocycles. The molecule has 5 aromatic carbocycles. The molecule has 4 amide bonds. The minimum Gasteiger partial charge on any atom is -0.322 e. The Balaban J connectivity index is 0.000000168. The highest BCUT2D eigenvalue weighted by Crippen LogP contribution is 2.37. The maximum absolute atomic E-state index is 12.8. The van der Waals surface area contributed by atoms with Gasteiger partial charge in [0.15, 0.2) is 5.78 Å². The number of benzene rings is 5. The van der Waals surface area contributed by atoms with Crippen molar-refractivity contribution in [1.29, 1.82) is 0 Å². The first-order valence-corrected chi connectivity index (χ1v) is 34.8. The molecule has 109 heavy (non-hydrogen) atoms. The molecule has 7 heterocycles. The molecule has 7 aromatic heterocycles. The Morgan fingerprint density at radius 3 is 1.18 bits per heavy atom. The number of thiophene rings is 1. The van der Waals surface area contributed by atoms with Crippen molar-refractivity contribution in [2.24, 2.45) is 0 Å². The summed E-state index contributed by atoms with van der Waals surface area (Å²) in [4.78, 5) is 86.6. The predicted molar refractivity (Wildman–Crippen MR) is 408 cm³/mol. The van der Waals surface area contributed by atoms with Crippen molar-refractivity contribution in [1.82, 2.24) is 29.9 Å². The van der Waals surface area contributed by atoms with Gasteiger partial charge in [-0.25, -0.2) is 9.97 Å². The normalized spacial score (nSPS) is 11.2. The van der Waals surface area contributed by atoms with Gasteiger partial charge in [-0.2, -0.15) is 39.5 Å². The first-order chi connectivity index (χ1) is 51.4. The van der Waals surface area contributed by atoms with E-state index in [1.54, 1.807) is 110 Å². The molecule has 0 saturated heterocycles. The molecular weight excluding hydrogens is 1530 g/mol. The third-order valence-electron chi connectivity index (χ3n) is 15.9. The second-order valence-corrected chi connectivity index (χ2v) is 27.0. The van der Waals surface area contributed by atoms with Gasteiger partial charge in [-0.3, -0.25) is 43.9 Å². The van der Waals surface area contributed by atoms with E-state index in [1.807, 2.05) is 76.2 Å². The number of carbonyl (C=O) groups excluding carboxylic acids is 5. The molecule has 0 atom stereocenters. The van der Waals surface area contributed by atoms with Crippen LogP contribution in [0.4, 0.5) is 62.3 Å². The number of ketones is 1. The summed E-state index contributed by atoms with van der Waals surface area (Å²) in [5.74, 6) is -1.95. The first kappa shape index (κ1) is 81.8. The number of hydrogen-bond donors (Lipinski definition) is 4. The number of Topliss-reactive ketones (excluding diaryl/α,β-unsaturated/α-hetero) is 1. The number of aromatic nitrogens is 6. The molecule has 0 fully saturated rings. The monoisotopic (exact) mass is 1580 g/mol. The molecule has 15 nitrogen and oxygen atoms in total. The minimum atomic E-state index is -4.56. The largest absolute Gasteiger partial charge is 0.433 e. The number of halogens is 13. The Kier molecular flexibility index (Phi) is 26.4. The van der Waals surface area contributed by atoms with Crippen molar-refractivity contribution >= 4 is 110 Å². The van der Waals surface area contributed by atoms with Gasteiger partial charge in [0, 0.05) is 75.4 Å². The Morgan fingerprint density at radius 1 is 0.367 bits per heavy atom. The van der Waals surface area contributed by atoms with Gasteiger partial charge in [0.1, 0.15) is 11.4 Å². The standard InChI is InChI=1S/C21H16ClF3N2O.2C20H15ClF3N3O.C19H15ClN2O2S/c1-12-4-3-9-26-19(12)17-11-15(6-8-18(17)22)27-20(28)16-7-5-14(10-13(16)2)21(23,24)25;1-11-3-7-17(25-10-11)15-9-13(4-6-16(15)21)27-19(28)14-5-8-18(20(22,23)24)26-12(14)2;1-11-7-8-25-17(9-11)15-10-13(3-5-16(15)21)27-19(28)14-4-6-18(20(22,23)24)26-12(14)2;1-11-3-6-16(21-10-11)14-9-13(4-5-15(14)20)22-19(24)18-8-7-17(25-18)12(2)23/h3-11H,1-2H3,(H,27,28);2*3-10H,1-2H3,(H,27,28);3-10H,1-2H3,(H,22,24). The average Bonchev–Trinajstić information content (AvgIpc) is 1.11. The molecule has 0 unspecified atom stereocenters. The highest BCUT2D eigenvalue weighted by Gasteiger charge is 2.35. The molecule has 0 spiro atoms. The van der Waals surface area contributed by atoms with E-state index in [0.29, 0.717) is 86.4 Å². The summed E-state index contributed by atoms with van der Waals surface area (Å²) in [5, 5.41) is 12.8. The highest BCUT2D eigenvalue weighted by atomic mass is 35.5. The lowest BCUT2D eigenvalue weighted by atomic mass is 10.0. The Bertz CT molecular complexity index is 5410. The third-order valence-corrected chi connectivity index (χ3v) is 18.4. The van der Waals surface area contributed by atoms with E-state index in [4.69, 9.17) is 46.4 Å². The van der Waals surface area contributed by atoms with E-state index in [0.717, 1.165) is 69.9 Å². The number of nitrogens with zero attached hydrogens (tertiary/aromatic N) is 6. The fraction of sp³-hybridized carbons (Fsp3) is 0.138. The maximum atomic E-state index is 12.8. The molecule has 12 aromatic rings. The fourth-order valence-corrected chi connectivity index (χ4v) is 12.0. The van der Waals surface area contributed by atoms with Crippen LogP contribution in [0.5, 0.6) is 0 Å². The number of anilines is 4. The smallest absolute Gasteiger partial charge is 0.322 e. The molecule has 558 valence electrons. The number of alkyl halides is 9. The number of hydrogen-bond acceptors (Lipinski definition) is 12. The van der Waals surface area contributed by atoms with E-state index >= 15 is 0 Å². The number of amides is 4. The molecule has 0 aliphatic carbocycles.